The van der Waals surface area contributed by atoms with Gasteiger partial charge in [-0.05, 0) is 38.8 Å². The predicted molar refractivity (Wildman–Crippen MR) is 137 cm³/mol. The second-order valence-corrected chi connectivity index (χ2v) is 10.1. The predicted octanol–water partition coefficient (Wildman–Crippen LogP) is 5.60. The maximum absolute atomic E-state index is 13.1. The lowest BCUT2D eigenvalue weighted by Crippen LogP contribution is -2.51. The van der Waals surface area contributed by atoms with Gasteiger partial charge in [0.25, 0.3) is 0 Å². The SMILES string of the molecule is CC(C)CN(CC(=O)Nc1cc(-c2ccccc2)nn1-c1ccccc1Cl)C(=O)NC(C)(C)C. The van der Waals surface area contributed by atoms with Gasteiger partial charge in [0, 0.05) is 23.7 Å². The summed E-state index contributed by atoms with van der Waals surface area (Å²) in [6, 6.07) is 18.5. The summed E-state index contributed by atoms with van der Waals surface area (Å²) < 4.78 is 1.62. The van der Waals surface area contributed by atoms with E-state index >= 15 is 0 Å². The number of rotatable bonds is 7. The van der Waals surface area contributed by atoms with E-state index in [4.69, 9.17) is 16.7 Å². The molecule has 0 fully saturated rings. The summed E-state index contributed by atoms with van der Waals surface area (Å²) in [5.41, 5.74) is 1.84. The third-order valence-corrected chi connectivity index (χ3v) is 5.14. The number of anilines is 1. The Labute approximate surface area is 206 Å². The number of halogens is 1. The van der Waals surface area contributed by atoms with Crippen LogP contribution in [0.4, 0.5) is 10.6 Å². The number of benzene rings is 2. The van der Waals surface area contributed by atoms with E-state index in [-0.39, 0.29) is 24.4 Å². The van der Waals surface area contributed by atoms with Crippen molar-refractivity contribution >= 4 is 29.4 Å². The van der Waals surface area contributed by atoms with Gasteiger partial charge in [0.2, 0.25) is 5.91 Å². The Hall–Kier alpha value is -3.32. The summed E-state index contributed by atoms with van der Waals surface area (Å²) in [6.45, 7) is 10.1. The quantitative estimate of drug-likeness (QED) is 0.461. The van der Waals surface area contributed by atoms with E-state index in [9.17, 15) is 9.59 Å². The zero-order valence-electron chi connectivity index (χ0n) is 20.3. The molecule has 0 aliphatic carbocycles. The number of hydrogen-bond acceptors (Lipinski definition) is 3. The largest absolute Gasteiger partial charge is 0.333 e. The van der Waals surface area contributed by atoms with Gasteiger partial charge in [0.15, 0.2) is 0 Å². The van der Waals surface area contributed by atoms with Crippen LogP contribution in [0.5, 0.6) is 0 Å². The van der Waals surface area contributed by atoms with Crippen LogP contribution in [-0.2, 0) is 4.79 Å². The van der Waals surface area contributed by atoms with Crippen molar-refractivity contribution in [3.63, 3.8) is 0 Å². The summed E-state index contributed by atoms with van der Waals surface area (Å²) in [5.74, 6) is 0.354. The first-order valence-electron chi connectivity index (χ1n) is 11.3. The van der Waals surface area contributed by atoms with Gasteiger partial charge >= 0.3 is 6.03 Å². The maximum Gasteiger partial charge on any atom is 0.318 e. The summed E-state index contributed by atoms with van der Waals surface area (Å²) >= 11 is 6.43. The molecule has 1 aromatic heterocycles. The van der Waals surface area contributed by atoms with Crippen molar-refractivity contribution in [3.8, 4) is 16.9 Å². The Morgan fingerprint density at radius 3 is 2.32 bits per heavy atom. The average Bonchev–Trinajstić information content (AvgIpc) is 3.16. The Kier molecular flexibility index (Phi) is 7.99. The second kappa shape index (κ2) is 10.7. The highest BCUT2D eigenvalue weighted by Gasteiger charge is 2.23. The van der Waals surface area contributed by atoms with Gasteiger partial charge in [-0.15, -0.1) is 0 Å². The Morgan fingerprint density at radius 1 is 1.06 bits per heavy atom. The number of urea groups is 1. The van der Waals surface area contributed by atoms with Crippen LogP contribution in [0.2, 0.25) is 5.02 Å². The van der Waals surface area contributed by atoms with E-state index in [1.807, 2.05) is 83.1 Å². The normalized spacial score (nSPS) is 11.4. The molecule has 0 saturated heterocycles. The Morgan fingerprint density at radius 2 is 1.71 bits per heavy atom. The average molecular weight is 482 g/mol. The van der Waals surface area contributed by atoms with Gasteiger partial charge < -0.3 is 15.5 Å². The van der Waals surface area contributed by atoms with Crippen molar-refractivity contribution in [2.75, 3.05) is 18.4 Å². The zero-order chi connectivity index (χ0) is 24.9. The number of aromatic nitrogens is 2. The van der Waals surface area contributed by atoms with Crippen molar-refractivity contribution in [1.29, 1.82) is 0 Å². The minimum absolute atomic E-state index is 0.0888. The lowest BCUT2D eigenvalue weighted by atomic mass is 10.1. The lowest BCUT2D eigenvalue weighted by Gasteiger charge is -2.29. The highest BCUT2D eigenvalue weighted by atomic mass is 35.5. The van der Waals surface area contributed by atoms with Gasteiger partial charge in [-0.3, -0.25) is 4.79 Å². The first kappa shape index (κ1) is 25.3. The molecule has 0 unspecified atom stereocenters. The number of nitrogens with zero attached hydrogens (tertiary/aromatic N) is 3. The monoisotopic (exact) mass is 481 g/mol. The van der Waals surface area contributed by atoms with Crippen molar-refractivity contribution in [2.24, 2.45) is 5.92 Å². The topological polar surface area (TPSA) is 79.3 Å². The van der Waals surface area contributed by atoms with E-state index in [0.29, 0.717) is 28.8 Å². The van der Waals surface area contributed by atoms with Gasteiger partial charge in [-0.25, -0.2) is 9.48 Å². The third kappa shape index (κ3) is 6.84. The number of amides is 3. The fourth-order valence-corrected chi connectivity index (χ4v) is 3.66. The first-order valence-corrected chi connectivity index (χ1v) is 11.7. The number of nitrogens with one attached hydrogen (secondary N) is 2. The van der Waals surface area contributed by atoms with Crippen molar-refractivity contribution < 1.29 is 9.59 Å². The van der Waals surface area contributed by atoms with Crippen LogP contribution in [0, 0.1) is 5.92 Å². The van der Waals surface area contributed by atoms with Crippen LogP contribution in [0.25, 0.3) is 16.9 Å². The first-order chi connectivity index (χ1) is 16.0. The van der Waals surface area contributed by atoms with E-state index < -0.39 is 5.54 Å². The summed E-state index contributed by atoms with van der Waals surface area (Å²) in [5, 5.41) is 11.1. The molecule has 0 spiro atoms. The third-order valence-electron chi connectivity index (χ3n) is 4.82. The van der Waals surface area contributed by atoms with Crippen LogP contribution in [-0.4, -0.2) is 45.2 Å². The molecule has 7 nitrogen and oxygen atoms in total. The van der Waals surface area contributed by atoms with E-state index in [2.05, 4.69) is 10.6 Å². The van der Waals surface area contributed by atoms with Crippen LogP contribution < -0.4 is 10.6 Å². The number of para-hydroxylation sites is 1. The lowest BCUT2D eigenvalue weighted by molar-refractivity contribution is -0.116. The molecule has 8 heteroatoms. The molecule has 2 N–H and O–H groups in total. The van der Waals surface area contributed by atoms with E-state index in [1.54, 1.807) is 16.8 Å². The van der Waals surface area contributed by atoms with Crippen molar-refractivity contribution in [3.05, 3.63) is 65.7 Å². The molecule has 0 atom stereocenters. The van der Waals surface area contributed by atoms with Crippen molar-refractivity contribution in [1.82, 2.24) is 20.0 Å². The van der Waals surface area contributed by atoms with Crippen LogP contribution in [0.3, 0.4) is 0 Å². The zero-order valence-corrected chi connectivity index (χ0v) is 21.1. The highest BCUT2D eigenvalue weighted by Crippen LogP contribution is 2.28. The Bertz CT molecular complexity index is 1140. The molecule has 0 aliphatic heterocycles. The summed E-state index contributed by atoms with van der Waals surface area (Å²) in [6.07, 6.45) is 0. The minimum Gasteiger partial charge on any atom is -0.333 e. The Balaban J connectivity index is 1.89. The second-order valence-electron chi connectivity index (χ2n) is 9.65. The smallest absolute Gasteiger partial charge is 0.318 e. The molecule has 0 aliphatic rings. The molecule has 1 heterocycles. The van der Waals surface area contributed by atoms with Crippen LogP contribution in [0.15, 0.2) is 60.7 Å². The van der Waals surface area contributed by atoms with Gasteiger partial charge in [-0.2, -0.15) is 5.10 Å². The molecule has 3 rings (SSSR count). The molecule has 3 amide bonds. The minimum atomic E-state index is -0.407. The fraction of sp³-hybridized carbons (Fsp3) is 0.346. The van der Waals surface area contributed by atoms with Crippen molar-refractivity contribution in [2.45, 2.75) is 40.2 Å². The van der Waals surface area contributed by atoms with Gasteiger partial charge in [-0.1, -0.05) is 67.9 Å². The van der Waals surface area contributed by atoms with Gasteiger partial charge in [0.1, 0.15) is 12.4 Å². The molecular formula is C26H32ClN5O2. The summed E-state index contributed by atoms with van der Waals surface area (Å²) in [7, 11) is 0. The number of carbonyl (C=O) groups is 2. The van der Waals surface area contributed by atoms with Crippen LogP contribution in [0.1, 0.15) is 34.6 Å². The molecule has 34 heavy (non-hydrogen) atoms. The number of hydrogen-bond donors (Lipinski definition) is 2. The van der Waals surface area contributed by atoms with E-state index in [1.165, 1.54) is 4.90 Å². The standard InChI is InChI=1S/C26H32ClN5O2/c1-18(2)16-31(25(34)29-26(3,4)5)17-24(33)28-23-15-21(19-11-7-6-8-12-19)30-32(23)22-14-10-9-13-20(22)27/h6-15,18H,16-17H2,1-5H3,(H,28,33)(H,29,34). The number of carbonyl (C=O) groups excluding carboxylic acids is 2. The molecule has 2 aromatic carbocycles. The van der Waals surface area contributed by atoms with Gasteiger partial charge in [0.05, 0.1) is 16.4 Å². The molecular weight excluding hydrogens is 450 g/mol. The van der Waals surface area contributed by atoms with E-state index in [0.717, 1.165) is 5.56 Å². The fourth-order valence-electron chi connectivity index (χ4n) is 3.44. The molecule has 3 aromatic rings. The molecule has 0 saturated carbocycles. The highest BCUT2D eigenvalue weighted by molar-refractivity contribution is 6.32. The maximum atomic E-state index is 13.1. The molecule has 180 valence electrons. The molecule has 0 bridgehead atoms. The van der Waals surface area contributed by atoms with Crippen LogP contribution >= 0.6 is 11.6 Å². The molecule has 0 radical (unpaired) electrons. The summed E-state index contributed by atoms with van der Waals surface area (Å²) in [4.78, 5) is 27.4.